The summed E-state index contributed by atoms with van der Waals surface area (Å²) in [6.45, 7) is 1.17. The number of nitrogens with one attached hydrogen (secondary N) is 1. The van der Waals surface area contributed by atoms with Crippen molar-refractivity contribution in [2.45, 2.75) is 61.7 Å². The van der Waals surface area contributed by atoms with Gasteiger partial charge in [0, 0.05) is 18.8 Å². The third kappa shape index (κ3) is 5.59. The van der Waals surface area contributed by atoms with Crippen molar-refractivity contribution in [3.63, 3.8) is 0 Å². The molecule has 0 saturated carbocycles. The molecule has 3 fully saturated rings. The van der Waals surface area contributed by atoms with Crippen LogP contribution in [0, 0.1) is 5.92 Å². The minimum Gasteiger partial charge on any atom is -0.491 e. The number of amides is 2. The molecular formula is C42H43N3O6. The van der Waals surface area contributed by atoms with Crippen molar-refractivity contribution in [2.75, 3.05) is 31.6 Å². The van der Waals surface area contributed by atoms with Gasteiger partial charge in [-0.25, -0.2) is 0 Å². The number of rotatable bonds is 7. The zero-order valence-electron chi connectivity index (χ0n) is 28.5. The van der Waals surface area contributed by atoms with Gasteiger partial charge in [-0.2, -0.15) is 0 Å². The number of benzene rings is 4. The number of hydrogen-bond acceptors (Lipinski definition) is 7. The summed E-state index contributed by atoms with van der Waals surface area (Å²) in [7, 11) is 0. The fourth-order valence-corrected chi connectivity index (χ4v) is 9.10. The molecule has 0 aliphatic carbocycles. The smallest absolute Gasteiger partial charge is 0.324 e. The van der Waals surface area contributed by atoms with Crippen LogP contribution in [0.15, 0.2) is 109 Å². The van der Waals surface area contributed by atoms with E-state index in [1.165, 1.54) is 0 Å². The van der Waals surface area contributed by atoms with E-state index in [0.29, 0.717) is 30.1 Å². The van der Waals surface area contributed by atoms with Gasteiger partial charge in [-0.1, -0.05) is 110 Å². The third-order valence-electron chi connectivity index (χ3n) is 11.2. The number of carbonyl (C=O) groups is 3. The minimum absolute atomic E-state index is 0.123. The van der Waals surface area contributed by atoms with Crippen molar-refractivity contribution in [1.29, 1.82) is 0 Å². The number of cyclic esters (lactones) is 1. The predicted octanol–water partition coefficient (Wildman–Crippen LogP) is 6.12. The van der Waals surface area contributed by atoms with E-state index < -0.39 is 41.5 Å². The molecule has 4 heterocycles. The molecule has 3 saturated heterocycles. The van der Waals surface area contributed by atoms with Crippen LogP contribution in [-0.2, 0) is 24.5 Å². The number of aliphatic hydroxyl groups is 1. The van der Waals surface area contributed by atoms with Crippen LogP contribution in [0.2, 0.25) is 0 Å². The van der Waals surface area contributed by atoms with Crippen molar-refractivity contribution in [1.82, 2.24) is 9.80 Å². The maximum absolute atomic E-state index is 15.4. The van der Waals surface area contributed by atoms with Gasteiger partial charge < -0.3 is 24.8 Å². The van der Waals surface area contributed by atoms with E-state index >= 15 is 9.59 Å². The van der Waals surface area contributed by atoms with E-state index in [-0.39, 0.29) is 25.0 Å². The summed E-state index contributed by atoms with van der Waals surface area (Å²) < 4.78 is 12.3. The molecular weight excluding hydrogens is 642 g/mol. The molecule has 4 aliphatic rings. The lowest BCUT2D eigenvalue weighted by Crippen LogP contribution is -2.55. The highest BCUT2D eigenvalue weighted by molar-refractivity contribution is 6.12. The highest BCUT2D eigenvalue weighted by Crippen LogP contribution is 2.65. The normalized spacial score (nSPS) is 27.5. The second kappa shape index (κ2) is 14.0. The Kier molecular flexibility index (Phi) is 9.08. The number of anilines is 1. The van der Waals surface area contributed by atoms with Crippen molar-refractivity contribution in [2.24, 2.45) is 5.92 Å². The van der Waals surface area contributed by atoms with Gasteiger partial charge in [0.25, 0.3) is 0 Å². The molecule has 4 aliphatic heterocycles. The van der Waals surface area contributed by atoms with Crippen LogP contribution >= 0.6 is 0 Å². The van der Waals surface area contributed by atoms with Crippen LogP contribution in [0.1, 0.15) is 72.5 Å². The van der Waals surface area contributed by atoms with Crippen LogP contribution in [0.3, 0.4) is 0 Å². The fraction of sp³-hybridized carbons (Fsp3) is 0.357. The molecule has 0 radical (unpaired) electrons. The highest BCUT2D eigenvalue weighted by atomic mass is 16.6. The summed E-state index contributed by atoms with van der Waals surface area (Å²) in [5, 5.41) is 12.6. The van der Waals surface area contributed by atoms with Gasteiger partial charge in [0.2, 0.25) is 11.8 Å². The number of ether oxygens (including phenoxy) is 2. The van der Waals surface area contributed by atoms with E-state index in [2.05, 4.69) is 10.2 Å². The molecule has 4 aromatic rings. The van der Waals surface area contributed by atoms with Crippen molar-refractivity contribution < 1.29 is 29.0 Å². The molecule has 4 aromatic carbocycles. The van der Waals surface area contributed by atoms with E-state index in [0.717, 1.165) is 48.8 Å². The van der Waals surface area contributed by atoms with E-state index in [1.807, 2.05) is 114 Å². The second-order valence-electron chi connectivity index (χ2n) is 14.0. The van der Waals surface area contributed by atoms with Crippen LogP contribution in [0.5, 0.6) is 5.75 Å². The Morgan fingerprint density at radius 1 is 0.765 bits per heavy atom. The summed E-state index contributed by atoms with van der Waals surface area (Å²) in [5.74, 6) is -1.49. The number of fused-ring (bicyclic) bond motifs is 3. The molecule has 8 rings (SSSR count). The Morgan fingerprint density at radius 2 is 1.39 bits per heavy atom. The molecule has 6 unspecified atom stereocenters. The zero-order valence-corrected chi connectivity index (χ0v) is 28.5. The number of morpholine rings is 1. The minimum atomic E-state index is -1.47. The standard InChI is InChI=1S/C42H43N3O6/c46-26-27-50-31-22-20-30(21-23-31)38-42(32-18-10-11-19-33(32)43-41(42)49)34(39(47)44-24-12-2-1-3-13-25-44)36-40(48)51-37(29-16-8-5-9-17-29)35(45(36)38)28-14-6-4-7-15-28/h4-11,14-23,34-38,46H,1-3,12-13,24-27H2,(H,43,49). The number of aliphatic hydroxyl groups excluding tert-OH is 1. The summed E-state index contributed by atoms with van der Waals surface area (Å²) in [6.07, 6.45) is 4.22. The summed E-state index contributed by atoms with van der Waals surface area (Å²) in [6, 6.07) is 32.4. The number of likely N-dealkylation sites (tertiary alicyclic amines) is 1. The lowest BCUT2D eigenvalue weighted by molar-refractivity contribution is -0.179. The van der Waals surface area contributed by atoms with Gasteiger partial charge >= 0.3 is 5.97 Å². The van der Waals surface area contributed by atoms with E-state index in [9.17, 15) is 9.90 Å². The van der Waals surface area contributed by atoms with Crippen molar-refractivity contribution >= 4 is 23.5 Å². The van der Waals surface area contributed by atoms with Gasteiger partial charge in [0.1, 0.15) is 29.9 Å². The van der Waals surface area contributed by atoms with Gasteiger partial charge in [0.05, 0.1) is 24.6 Å². The molecule has 1 spiro atoms. The zero-order chi connectivity index (χ0) is 35.0. The SMILES string of the molecule is O=C1OC(c2ccccc2)C(c2ccccc2)N2C1C(C(=O)N1CCCCCCC1)C1(C(=O)Nc3ccccc31)C2c1ccc(OCCO)cc1. The summed E-state index contributed by atoms with van der Waals surface area (Å²) in [4.78, 5) is 49.4. The van der Waals surface area contributed by atoms with E-state index in [1.54, 1.807) is 0 Å². The number of nitrogens with zero attached hydrogens (tertiary/aromatic N) is 2. The highest BCUT2D eigenvalue weighted by Gasteiger charge is 2.74. The quantitative estimate of drug-likeness (QED) is 0.226. The molecule has 0 bridgehead atoms. The Bertz CT molecular complexity index is 1880. The van der Waals surface area contributed by atoms with E-state index in [4.69, 9.17) is 9.47 Å². The Balaban J connectivity index is 1.40. The fourth-order valence-electron chi connectivity index (χ4n) is 9.10. The first-order valence-corrected chi connectivity index (χ1v) is 18.1. The first-order chi connectivity index (χ1) is 25.0. The van der Waals surface area contributed by atoms with Crippen molar-refractivity contribution in [3.05, 3.63) is 131 Å². The number of hydrogen-bond donors (Lipinski definition) is 2. The van der Waals surface area contributed by atoms with Gasteiger partial charge in [-0.3, -0.25) is 19.3 Å². The lowest BCUT2D eigenvalue weighted by Gasteiger charge is -2.46. The second-order valence-corrected chi connectivity index (χ2v) is 14.0. The average molecular weight is 686 g/mol. The van der Waals surface area contributed by atoms with Crippen LogP contribution < -0.4 is 10.1 Å². The molecule has 262 valence electrons. The Morgan fingerprint density at radius 3 is 2.08 bits per heavy atom. The topological polar surface area (TPSA) is 108 Å². The van der Waals surface area contributed by atoms with Gasteiger partial charge in [0.15, 0.2) is 0 Å². The van der Waals surface area contributed by atoms with Crippen LogP contribution in [0.25, 0.3) is 0 Å². The first kappa shape index (κ1) is 33.2. The maximum atomic E-state index is 15.4. The lowest BCUT2D eigenvalue weighted by atomic mass is 9.65. The maximum Gasteiger partial charge on any atom is 0.324 e. The largest absolute Gasteiger partial charge is 0.491 e. The number of para-hydroxylation sites is 1. The first-order valence-electron chi connectivity index (χ1n) is 18.1. The van der Waals surface area contributed by atoms with Gasteiger partial charge in [-0.15, -0.1) is 0 Å². The van der Waals surface area contributed by atoms with Crippen molar-refractivity contribution in [3.8, 4) is 5.75 Å². The summed E-state index contributed by atoms with van der Waals surface area (Å²) >= 11 is 0. The average Bonchev–Trinajstić information content (AvgIpc) is 3.63. The molecule has 9 nitrogen and oxygen atoms in total. The molecule has 9 heteroatoms. The summed E-state index contributed by atoms with van der Waals surface area (Å²) in [5.41, 5.74) is 2.40. The molecule has 6 atom stereocenters. The Labute approximate surface area is 298 Å². The van der Waals surface area contributed by atoms with Gasteiger partial charge in [-0.05, 0) is 53.3 Å². The molecule has 0 aromatic heterocycles. The molecule has 2 amide bonds. The monoisotopic (exact) mass is 685 g/mol. The molecule has 51 heavy (non-hydrogen) atoms. The predicted molar refractivity (Wildman–Crippen MR) is 192 cm³/mol. The number of esters is 1. The van der Waals surface area contributed by atoms with Crippen LogP contribution in [-0.4, -0.2) is 65.0 Å². The number of carbonyl (C=O) groups excluding carboxylic acids is 3. The molecule has 2 N–H and O–H groups in total. The third-order valence-corrected chi connectivity index (χ3v) is 11.2. The van der Waals surface area contributed by atoms with Crippen LogP contribution in [0.4, 0.5) is 5.69 Å². The Hall–Kier alpha value is -4.99.